The van der Waals surface area contributed by atoms with Crippen LogP contribution in [0.5, 0.6) is 0 Å². The summed E-state index contributed by atoms with van der Waals surface area (Å²) in [6, 6.07) is 15.3. The van der Waals surface area contributed by atoms with Crippen LogP contribution in [0.1, 0.15) is 5.56 Å². The van der Waals surface area contributed by atoms with E-state index in [0.717, 1.165) is 11.8 Å². The highest BCUT2D eigenvalue weighted by molar-refractivity contribution is 7.92. The lowest BCUT2D eigenvalue weighted by molar-refractivity contribution is -0.0435. The van der Waals surface area contributed by atoms with Gasteiger partial charge in [-0.15, -0.1) is 0 Å². The molecule has 23 heavy (non-hydrogen) atoms. The van der Waals surface area contributed by atoms with E-state index >= 15 is 0 Å². The number of rotatable bonds is 3. The Morgan fingerprint density at radius 3 is 2.17 bits per heavy atom. The largest absolute Gasteiger partial charge is 0.501 e. The van der Waals surface area contributed by atoms with Crippen LogP contribution in [-0.4, -0.2) is 18.5 Å². The number of fused-ring (bicyclic) bond motifs is 1. The Kier molecular flexibility index (Phi) is 3.68. The molecule has 3 rings (SSSR count). The Bertz CT molecular complexity index is 944. The maximum absolute atomic E-state index is 12.9. The second-order valence-electron chi connectivity index (χ2n) is 5.07. The van der Waals surface area contributed by atoms with Crippen molar-refractivity contribution < 1.29 is 21.6 Å². The fourth-order valence-electron chi connectivity index (χ4n) is 2.46. The van der Waals surface area contributed by atoms with Gasteiger partial charge in [0, 0.05) is 23.6 Å². The first-order chi connectivity index (χ1) is 10.8. The molecule has 0 aliphatic rings. The standard InChI is InChI=1S/C16H12F3NO2S/c17-16(18,19)23(21,22)15-11-20(10-12-6-2-1-3-7-12)14-9-5-4-8-13(14)15/h1-9,11H,10H2. The molecular formula is C16H12F3NO2S. The Morgan fingerprint density at radius 2 is 1.52 bits per heavy atom. The summed E-state index contributed by atoms with van der Waals surface area (Å²) >= 11 is 0. The number of nitrogens with zero attached hydrogens (tertiary/aromatic N) is 1. The summed E-state index contributed by atoms with van der Waals surface area (Å²) in [4.78, 5) is -0.712. The van der Waals surface area contributed by atoms with E-state index in [9.17, 15) is 21.6 Å². The molecule has 0 bridgehead atoms. The van der Waals surface area contributed by atoms with Gasteiger partial charge in [0.05, 0.1) is 0 Å². The third-order valence-electron chi connectivity index (χ3n) is 3.54. The van der Waals surface area contributed by atoms with Crippen LogP contribution in [0.3, 0.4) is 0 Å². The second kappa shape index (κ2) is 5.42. The molecule has 3 aromatic rings. The molecular weight excluding hydrogens is 327 g/mol. The van der Waals surface area contributed by atoms with Gasteiger partial charge in [-0.1, -0.05) is 48.5 Å². The average Bonchev–Trinajstić information content (AvgIpc) is 2.87. The van der Waals surface area contributed by atoms with E-state index in [1.807, 2.05) is 30.3 Å². The normalized spacial score (nSPS) is 12.7. The number of sulfone groups is 1. The highest BCUT2D eigenvalue weighted by Gasteiger charge is 2.48. The molecule has 7 heteroatoms. The molecule has 0 fully saturated rings. The molecule has 0 aliphatic carbocycles. The van der Waals surface area contributed by atoms with Crippen molar-refractivity contribution in [1.29, 1.82) is 0 Å². The maximum Gasteiger partial charge on any atom is 0.501 e. The zero-order valence-corrected chi connectivity index (χ0v) is 12.6. The first-order valence-electron chi connectivity index (χ1n) is 6.74. The maximum atomic E-state index is 12.9. The minimum absolute atomic E-state index is 0.0701. The van der Waals surface area contributed by atoms with E-state index in [1.165, 1.54) is 16.7 Å². The lowest BCUT2D eigenvalue weighted by Crippen LogP contribution is -2.23. The van der Waals surface area contributed by atoms with Crippen molar-refractivity contribution in [3.05, 3.63) is 66.4 Å². The molecule has 3 nitrogen and oxygen atoms in total. The van der Waals surface area contributed by atoms with Crippen molar-refractivity contribution in [2.45, 2.75) is 16.9 Å². The highest BCUT2D eigenvalue weighted by Crippen LogP contribution is 2.35. The molecule has 0 saturated carbocycles. The minimum Gasteiger partial charge on any atom is -0.342 e. The molecule has 0 aliphatic heterocycles. The predicted molar refractivity (Wildman–Crippen MR) is 80.7 cm³/mol. The summed E-state index contributed by atoms with van der Waals surface area (Å²) in [5.41, 5.74) is -4.02. The van der Waals surface area contributed by atoms with Crippen molar-refractivity contribution in [3.63, 3.8) is 0 Å². The second-order valence-corrected chi connectivity index (χ2v) is 6.98. The van der Waals surface area contributed by atoms with Crippen LogP contribution in [0.25, 0.3) is 10.9 Å². The fourth-order valence-corrected chi connectivity index (χ4v) is 3.44. The summed E-state index contributed by atoms with van der Waals surface area (Å²) in [7, 11) is -5.40. The zero-order chi connectivity index (χ0) is 16.7. The predicted octanol–water partition coefficient (Wildman–Crippen LogP) is 3.98. The monoisotopic (exact) mass is 339 g/mol. The van der Waals surface area contributed by atoms with Crippen LogP contribution in [0.4, 0.5) is 13.2 Å². The van der Waals surface area contributed by atoms with Gasteiger partial charge in [-0.2, -0.15) is 13.2 Å². The van der Waals surface area contributed by atoms with E-state index in [2.05, 4.69) is 0 Å². The molecule has 0 N–H and O–H groups in total. The molecule has 0 atom stereocenters. The van der Waals surface area contributed by atoms with Crippen LogP contribution >= 0.6 is 0 Å². The Morgan fingerprint density at radius 1 is 0.913 bits per heavy atom. The van der Waals surface area contributed by atoms with Gasteiger partial charge in [0.2, 0.25) is 0 Å². The average molecular weight is 339 g/mol. The van der Waals surface area contributed by atoms with Crippen LogP contribution < -0.4 is 0 Å². The molecule has 120 valence electrons. The number of benzene rings is 2. The van der Waals surface area contributed by atoms with Crippen LogP contribution in [0.2, 0.25) is 0 Å². The SMILES string of the molecule is O=S(=O)(c1cn(Cc2ccccc2)c2ccccc12)C(F)(F)F. The van der Waals surface area contributed by atoms with E-state index in [0.29, 0.717) is 5.52 Å². The summed E-state index contributed by atoms with van der Waals surface area (Å²) in [5.74, 6) is 0. The lowest BCUT2D eigenvalue weighted by atomic mass is 10.2. The van der Waals surface area contributed by atoms with E-state index in [1.54, 1.807) is 12.1 Å². The summed E-state index contributed by atoms with van der Waals surface area (Å²) in [5, 5.41) is 0.0701. The van der Waals surface area contributed by atoms with Crippen molar-refractivity contribution >= 4 is 20.7 Å². The van der Waals surface area contributed by atoms with E-state index in [4.69, 9.17) is 0 Å². The molecule has 1 heterocycles. The van der Waals surface area contributed by atoms with Crippen LogP contribution in [-0.2, 0) is 16.4 Å². The van der Waals surface area contributed by atoms with Gasteiger partial charge < -0.3 is 4.57 Å². The van der Waals surface area contributed by atoms with Crippen molar-refractivity contribution in [1.82, 2.24) is 4.57 Å². The summed E-state index contributed by atoms with van der Waals surface area (Å²) < 4.78 is 63.8. The number of aromatic nitrogens is 1. The molecule has 2 aromatic carbocycles. The van der Waals surface area contributed by atoms with Gasteiger partial charge in [-0.25, -0.2) is 8.42 Å². The smallest absolute Gasteiger partial charge is 0.342 e. The van der Waals surface area contributed by atoms with Gasteiger partial charge in [0.1, 0.15) is 4.90 Å². The van der Waals surface area contributed by atoms with Gasteiger partial charge in [-0.3, -0.25) is 0 Å². The first-order valence-corrected chi connectivity index (χ1v) is 8.22. The third-order valence-corrected chi connectivity index (χ3v) is 5.06. The fraction of sp³-hybridized carbons (Fsp3) is 0.125. The summed E-state index contributed by atoms with van der Waals surface area (Å²) in [6.07, 6.45) is 1.06. The Hall–Kier alpha value is -2.28. The van der Waals surface area contributed by atoms with Crippen LogP contribution in [0, 0.1) is 0 Å². The number of alkyl halides is 3. The number of hydrogen-bond donors (Lipinski definition) is 0. The Balaban J connectivity index is 2.19. The minimum atomic E-state index is -5.40. The zero-order valence-electron chi connectivity index (χ0n) is 11.8. The quantitative estimate of drug-likeness (QED) is 0.724. The van der Waals surface area contributed by atoms with Crippen molar-refractivity contribution in [3.8, 4) is 0 Å². The first kappa shape index (κ1) is 15.6. The van der Waals surface area contributed by atoms with E-state index in [-0.39, 0.29) is 11.9 Å². The van der Waals surface area contributed by atoms with Crippen LogP contribution in [0.15, 0.2) is 65.7 Å². The Labute approximate surface area is 130 Å². The number of para-hydroxylation sites is 1. The van der Waals surface area contributed by atoms with Crippen molar-refractivity contribution in [2.75, 3.05) is 0 Å². The number of hydrogen-bond acceptors (Lipinski definition) is 2. The summed E-state index contributed by atoms with van der Waals surface area (Å²) in [6.45, 7) is 0.286. The van der Waals surface area contributed by atoms with Gasteiger partial charge in [-0.05, 0) is 11.6 Å². The van der Waals surface area contributed by atoms with Gasteiger partial charge >= 0.3 is 5.51 Å². The third kappa shape index (κ3) is 2.72. The van der Waals surface area contributed by atoms with E-state index < -0.39 is 20.2 Å². The molecule has 0 saturated heterocycles. The molecule has 0 radical (unpaired) electrons. The van der Waals surface area contributed by atoms with Crippen molar-refractivity contribution in [2.24, 2.45) is 0 Å². The highest BCUT2D eigenvalue weighted by atomic mass is 32.2. The topological polar surface area (TPSA) is 39.1 Å². The molecule has 0 unspecified atom stereocenters. The van der Waals surface area contributed by atoms with Gasteiger partial charge in [0.25, 0.3) is 9.84 Å². The molecule has 1 aromatic heterocycles. The van der Waals surface area contributed by atoms with Gasteiger partial charge in [0.15, 0.2) is 0 Å². The number of halogens is 3. The molecule has 0 spiro atoms. The molecule has 0 amide bonds. The lowest BCUT2D eigenvalue weighted by Gasteiger charge is -2.06.